The molecule has 29 heavy (non-hydrogen) atoms. The van der Waals surface area contributed by atoms with Crippen LogP contribution >= 0.6 is 11.8 Å². The van der Waals surface area contributed by atoms with Crippen molar-refractivity contribution in [2.45, 2.75) is 17.7 Å². The maximum atomic E-state index is 13.4. The van der Waals surface area contributed by atoms with E-state index in [2.05, 4.69) is 12.1 Å². The Morgan fingerprint density at radius 1 is 0.828 bits per heavy atom. The highest BCUT2D eigenvalue weighted by Crippen LogP contribution is 2.38. The van der Waals surface area contributed by atoms with Crippen molar-refractivity contribution in [2.24, 2.45) is 0 Å². The normalized spacial score (nSPS) is 14.6. The van der Waals surface area contributed by atoms with Gasteiger partial charge in [0.25, 0.3) is 0 Å². The van der Waals surface area contributed by atoms with Crippen molar-refractivity contribution >= 4 is 29.0 Å². The zero-order valence-electron chi connectivity index (χ0n) is 16.0. The molecule has 0 aliphatic carbocycles. The Balaban J connectivity index is 1.42. The molecule has 0 spiro atoms. The van der Waals surface area contributed by atoms with E-state index in [1.54, 1.807) is 0 Å². The van der Waals surface area contributed by atoms with Crippen LogP contribution in [-0.2, 0) is 17.6 Å². The van der Waals surface area contributed by atoms with Gasteiger partial charge in [-0.15, -0.1) is 11.8 Å². The molecule has 0 atom stereocenters. The van der Waals surface area contributed by atoms with E-state index in [1.165, 1.54) is 22.9 Å². The van der Waals surface area contributed by atoms with E-state index in [9.17, 15) is 4.79 Å². The number of hydrogen-bond donors (Lipinski definition) is 0. The summed E-state index contributed by atoms with van der Waals surface area (Å²) in [6.07, 6.45) is 1.87. The molecule has 146 valence electrons. The molecule has 2 aliphatic heterocycles. The number of amides is 1. The summed E-state index contributed by atoms with van der Waals surface area (Å²) in [5, 5.41) is 0. The molecule has 3 aromatic rings. The van der Waals surface area contributed by atoms with E-state index in [1.807, 2.05) is 59.5 Å². The summed E-state index contributed by atoms with van der Waals surface area (Å²) < 4.78 is 11.2. The highest BCUT2D eigenvalue weighted by atomic mass is 32.2. The van der Waals surface area contributed by atoms with Gasteiger partial charge in [0.2, 0.25) is 5.91 Å². The van der Waals surface area contributed by atoms with Crippen molar-refractivity contribution < 1.29 is 14.3 Å². The number of thioether (sulfide) groups is 1. The molecule has 2 heterocycles. The maximum Gasteiger partial charge on any atom is 0.241 e. The van der Waals surface area contributed by atoms with Crippen molar-refractivity contribution in [1.29, 1.82) is 0 Å². The molecule has 3 aromatic carbocycles. The van der Waals surface area contributed by atoms with Crippen molar-refractivity contribution in [1.82, 2.24) is 0 Å². The van der Waals surface area contributed by atoms with Crippen molar-refractivity contribution in [2.75, 3.05) is 23.9 Å². The molecule has 0 unspecified atom stereocenters. The molecule has 4 nitrogen and oxygen atoms in total. The Morgan fingerprint density at radius 3 is 2.14 bits per heavy atom. The molecule has 0 bridgehead atoms. The van der Waals surface area contributed by atoms with Crippen LogP contribution in [-0.4, -0.2) is 24.9 Å². The second-order valence-corrected chi connectivity index (χ2v) is 8.13. The monoisotopic (exact) mass is 403 g/mol. The summed E-state index contributed by atoms with van der Waals surface area (Å²) in [7, 11) is 0. The van der Waals surface area contributed by atoms with E-state index in [0.717, 1.165) is 40.6 Å². The Labute approximate surface area is 174 Å². The van der Waals surface area contributed by atoms with E-state index in [0.29, 0.717) is 19.0 Å². The van der Waals surface area contributed by atoms with E-state index in [4.69, 9.17) is 9.47 Å². The van der Waals surface area contributed by atoms with Gasteiger partial charge in [-0.1, -0.05) is 36.4 Å². The van der Waals surface area contributed by atoms with Crippen LogP contribution in [0, 0.1) is 0 Å². The van der Waals surface area contributed by atoms with Crippen LogP contribution in [0.15, 0.2) is 71.6 Å². The number of carbonyl (C=O) groups is 1. The smallest absolute Gasteiger partial charge is 0.241 e. The predicted octanol–water partition coefficient (Wildman–Crippen LogP) is 5.01. The fourth-order valence-corrected chi connectivity index (χ4v) is 4.65. The SMILES string of the molecule is O=C(CSc1ccc2c(c1)OCCO2)N1c2ccccc2CCc2ccccc21. The molecule has 5 heteroatoms. The molecule has 0 N–H and O–H groups in total. The minimum absolute atomic E-state index is 0.0756. The van der Waals surface area contributed by atoms with Crippen LogP contribution in [0.25, 0.3) is 0 Å². The summed E-state index contributed by atoms with van der Waals surface area (Å²) >= 11 is 1.52. The fourth-order valence-electron chi connectivity index (χ4n) is 3.87. The Morgan fingerprint density at radius 2 is 1.45 bits per heavy atom. The number of aryl methyl sites for hydroxylation is 2. The third-order valence-corrected chi connectivity index (χ3v) is 6.23. The molecule has 5 rings (SSSR count). The minimum atomic E-state index is 0.0756. The summed E-state index contributed by atoms with van der Waals surface area (Å²) in [4.78, 5) is 16.3. The summed E-state index contributed by atoms with van der Waals surface area (Å²) in [6, 6.07) is 22.3. The van der Waals surface area contributed by atoms with Gasteiger partial charge in [-0.2, -0.15) is 0 Å². The highest BCUT2D eigenvalue weighted by molar-refractivity contribution is 8.00. The van der Waals surface area contributed by atoms with E-state index >= 15 is 0 Å². The van der Waals surface area contributed by atoms with Gasteiger partial charge in [-0.3, -0.25) is 9.69 Å². The first-order chi connectivity index (χ1) is 14.3. The van der Waals surface area contributed by atoms with Gasteiger partial charge in [0.1, 0.15) is 13.2 Å². The first-order valence-electron chi connectivity index (χ1n) is 9.81. The molecular formula is C24H21NO3S. The largest absolute Gasteiger partial charge is 0.486 e. The number of anilines is 2. The summed E-state index contributed by atoms with van der Waals surface area (Å²) in [6.45, 7) is 1.13. The third-order valence-electron chi connectivity index (χ3n) is 5.25. The standard InChI is InChI=1S/C24H21NO3S/c26-24(16-29-19-11-12-22-23(15-19)28-14-13-27-22)25-20-7-3-1-5-17(20)9-10-18-6-2-4-8-21(18)25/h1-8,11-12,15H,9-10,13-14,16H2. The summed E-state index contributed by atoms with van der Waals surface area (Å²) in [5.41, 5.74) is 4.40. The van der Waals surface area contributed by atoms with Crippen molar-refractivity contribution in [3.05, 3.63) is 77.9 Å². The molecule has 0 fully saturated rings. The quantitative estimate of drug-likeness (QED) is 0.576. The predicted molar refractivity (Wildman–Crippen MR) is 116 cm³/mol. The number of hydrogen-bond acceptors (Lipinski definition) is 4. The van der Waals surface area contributed by atoms with Crippen LogP contribution < -0.4 is 14.4 Å². The van der Waals surface area contributed by atoms with Gasteiger partial charge >= 0.3 is 0 Å². The summed E-state index contributed by atoms with van der Waals surface area (Å²) in [5.74, 6) is 1.94. The highest BCUT2D eigenvalue weighted by Gasteiger charge is 2.25. The zero-order valence-corrected chi connectivity index (χ0v) is 16.8. The van der Waals surface area contributed by atoms with E-state index in [-0.39, 0.29) is 5.91 Å². The molecule has 2 aliphatic rings. The lowest BCUT2D eigenvalue weighted by molar-refractivity contribution is -0.115. The molecule has 0 saturated heterocycles. The number of nitrogens with zero attached hydrogens (tertiary/aromatic N) is 1. The minimum Gasteiger partial charge on any atom is -0.486 e. The molecule has 0 aromatic heterocycles. The van der Waals surface area contributed by atoms with Gasteiger partial charge in [-0.25, -0.2) is 0 Å². The fraction of sp³-hybridized carbons (Fsp3) is 0.208. The van der Waals surface area contributed by atoms with Crippen molar-refractivity contribution in [3.63, 3.8) is 0 Å². The van der Waals surface area contributed by atoms with Crippen molar-refractivity contribution in [3.8, 4) is 11.5 Å². The number of benzene rings is 3. The lowest BCUT2D eigenvalue weighted by Crippen LogP contribution is -2.28. The number of fused-ring (bicyclic) bond motifs is 3. The van der Waals surface area contributed by atoms with Gasteiger partial charge in [-0.05, 0) is 54.3 Å². The van der Waals surface area contributed by atoms with Gasteiger partial charge < -0.3 is 9.47 Å². The molecule has 0 saturated carbocycles. The van der Waals surface area contributed by atoms with Crippen LogP contribution in [0.2, 0.25) is 0 Å². The van der Waals surface area contributed by atoms with E-state index < -0.39 is 0 Å². The number of rotatable bonds is 3. The maximum absolute atomic E-state index is 13.4. The van der Waals surface area contributed by atoms with Gasteiger partial charge in [0, 0.05) is 4.90 Å². The molecule has 0 radical (unpaired) electrons. The third kappa shape index (κ3) is 3.58. The topological polar surface area (TPSA) is 38.8 Å². The Hall–Kier alpha value is -2.92. The van der Waals surface area contributed by atoms with Crippen LogP contribution in [0.5, 0.6) is 11.5 Å². The first-order valence-corrected chi connectivity index (χ1v) is 10.8. The lowest BCUT2D eigenvalue weighted by Gasteiger charge is -2.25. The average Bonchev–Trinajstić information content (AvgIpc) is 2.94. The Kier molecular flexibility index (Phi) is 4.90. The van der Waals surface area contributed by atoms with Crippen LogP contribution in [0.1, 0.15) is 11.1 Å². The lowest BCUT2D eigenvalue weighted by atomic mass is 10.0. The second kappa shape index (κ2) is 7.84. The number of para-hydroxylation sites is 2. The number of carbonyl (C=O) groups excluding carboxylic acids is 1. The second-order valence-electron chi connectivity index (χ2n) is 7.08. The van der Waals surface area contributed by atoms with Crippen LogP contribution in [0.4, 0.5) is 11.4 Å². The van der Waals surface area contributed by atoms with Gasteiger partial charge in [0.05, 0.1) is 17.1 Å². The number of ether oxygens (including phenoxy) is 2. The zero-order chi connectivity index (χ0) is 19.6. The first kappa shape index (κ1) is 18.1. The van der Waals surface area contributed by atoms with Gasteiger partial charge in [0.15, 0.2) is 11.5 Å². The van der Waals surface area contributed by atoms with Crippen LogP contribution in [0.3, 0.4) is 0 Å². The molecule has 1 amide bonds. The molecular weight excluding hydrogens is 382 g/mol. The Bertz CT molecular complexity index is 1020. The average molecular weight is 404 g/mol.